The van der Waals surface area contributed by atoms with Crippen LogP contribution in [-0.2, 0) is 5.41 Å². The Balaban J connectivity index is 1.04. The van der Waals surface area contributed by atoms with E-state index in [9.17, 15) is 9.59 Å². The van der Waals surface area contributed by atoms with Crippen molar-refractivity contribution < 1.29 is 9.59 Å². The quantitative estimate of drug-likeness (QED) is 0.198. The zero-order chi connectivity index (χ0) is 30.6. The maximum atomic E-state index is 13.5. The molecule has 2 fully saturated rings. The Morgan fingerprint density at radius 2 is 1.70 bits per heavy atom. The van der Waals surface area contributed by atoms with Gasteiger partial charge in [-0.3, -0.25) is 10.1 Å². The molecule has 3 amide bonds. The van der Waals surface area contributed by atoms with E-state index in [1.807, 2.05) is 79.9 Å². The number of aromatic amines is 1. The van der Waals surface area contributed by atoms with Crippen molar-refractivity contribution in [1.82, 2.24) is 19.7 Å². The molecule has 2 aliphatic rings. The molecule has 1 saturated carbocycles. The fourth-order valence-corrected chi connectivity index (χ4v) is 6.70. The van der Waals surface area contributed by atoms with Crippen LogP contribution < -0.4 is 10.6 Å². The van der Waals surface area contributed by atoms with E-state index in [4.69, 9.17) is 5.10 Å². The van der Waals surface area contributed by atoms with Gasteiger partial charge in [-0.25, -0.2) is 9.48 Å². The molecular weight excluding hydrogens is 548 g/mol. The zero-order valence-electron chi connectivity index (χ0n) is 25.6. The van der Waals surface area contributed by atoms with E-state index < -0.39 is 0 Å². The van der Waals surface area contributed by atoms with Gasteiger partial charge < -0.3 is 15.2 Å². The Kier molecular flexibility index (Phi) is 6.80. The van der Waals surface area contributed by atoms with E-state index in [0.717, 1.165) is 52.8 Å². The number of nitrogens with one attached hydrogen (secondary N) is 3. The van der Waals surface area contributed by atoms with Gasteiger partial charge >= 0.3 is 6.03 Å². The first kappa shape index (κ1) is 28.0. The number of amides is 3. The van der Waals surface area contributed by atoms with Crippen molar-refractivity contribution in [2.45, 2.75) is 57.9 Å². The number of hydrogen-bond donors (Lipinski definition) is 3. The van der Waals surface area contributed by atoms with Crippen LogP contribution in [0.15, 0.2) is 85.1 Å². The van der Waals surface area contributed by atoms with E-state index in [0.29, 0.717) is 23.3 Å². The Bertz CT molecular complexity index is 1840. The molecule has 1 saturated heterocycles. The number of rotatable bonds is 5. The summed E-state index contributed by atoms with van der Waals surface area (Å²) in [4.78, 5) is 31.9. The molecule has 2 bridgehead atoms. The minimum atomic E-state index is -0.330. The predicted molar refractivity (Wildman–Crippen MR) is 175 cm³/mol. The van der Waals surface area contributed by atoms with Crippen LogP contribution in [0.1, 0.15) is 66.7 Å². The van der Waals surface area contributed by atoms with Crippen LogP contribution in [0.4, 0.5) is 16.3 Å². The number of benzene rings is 3. The number of piperidine rings is 2. The summed E-state index contributed by atoms with van der Waals surface area (Å²) in [5.41, 5.74) is 6.46. The molecule has 5 aromatic rings. The summed E-state index contributed by atoms with van der Waals surface area (Å²) in [6.07, 6.45) is 3.95. The smallest absolute Gasteiger partial charge is 0.324 e. The SMILES string of the molecule is Cc1ccc(-n2nc(C(C)(C)C)cc2NC(=O)Nc2ccc(C3C4CCN(C(=O)c5ccc6[nH]ccc6c5)C3C4)cc2)cc1. The average molecular weight is 587 g/mol. The number of fused-ring (bicyclic) bond motifs is 3. The van der Waals surface area contributed by atoms with Gasteiger partial charge in [-0.05, 0) is 79.8 Å². The third-order valence-corrected chi connectivity index (χ3v) is 9.22. The minimum absolute atomic E-state index is 0.107. The largest absolute Gasteiger partial charge is 0.361 e. The Morgan fingerprint density at radius 3 is 2.43 bits per heavy atom. The number of anilines is 2. The molecule has 3 N–H and O–H groups in total. The maximum absolute atomic E-state index is 13.5. The molecule has 8 nitrogen and oxygen atoms in total. The standard InChI is InChI=1S/C36H38N6O2/c1-22-5-12-28(13-6-22)42-32(21-31(40-42)36(2,3)4)39-35(44)38-27-10-7-23(8-11-27)33-25-16-18-41(30(33)20-25)34(43)26-9-14-29-24(19-26)15-17-37-29/h5-15,17,19,21,25,30,33,37H,16,18,20H2,1-4H3,(H2,38,39,44). The highest BCUT2D eigenvalue weighted by Gasteiger charge is 2.50. The molecule has 44 heavy (non-hydrogen) atoms. The molecule has 1 aliphatic heterocycles. The monoisotopic (exact) mass is 586 g/mol. The topological polar surface area (TPSA) is 95.1 Å². The Hall–Kier alpha value is -4.85. The number of aromatic nitrogens is 3. The van der Waals surface area contributed by atoms with E-state index in [1.54, 1.807) is 4.68 Å². The van der Waals surface area contributed by atoms with Crippen LogP contribution >= 0.6 is 0 Å². The summed E-state index contributed by atoms with van der Waals surface area (Å²) in [5.74, 6) is 1.61. The van der Waals surface area contributed by atoms with Gasteiger partial charge in [0, 0.05) is 58.3 Å². The van der Waals surface area contributed by atoms with Gasteiger partial charge in [0.25, 0.3) is 5.91 Å². The molecule has 0 radical (unpaired) electrons. The first-order valence-electron chi connectivity index (χ1n) is 15.4. The van der Waals surface area contributed by atoms with E-state index in [1.165, 1.54) is 5.56 Å². The summed E-state index contributed by atoms with van der Waals surface area (Å²) in [6, 6.07) is 25.8. The lowest BCUT2D eigenvalue weighted by Crippen LogP contribution is -2.58. The fourth-order valence-electron chi connectivity index (χ4n) is 6.70. The van der Waals surface area contributed by atoms with Gasteiger partial charge in [0.15, 0.2) is 0 Å². The van der Waals surface area contributed by atoms with E-state index in [-0.39, 0.29) is 23.4 Å². The third kappa shape index (κ3) is 5.14. The number of carbonyl (C=O) groups excluding carboxylic acids is 2. The summed E-state index contributed by atoms with van der Waals surface area (Å²) in [6.45, 7) is 9.16. The van der Waals surface area contributed by atoms with Gasteiger partial charge in [-0.2, -0.15) is 5.10 Å². The highest BCUT2D eigenvalue weighted by atomic mass is 16.2. The lowest BCUT2D eigenvalue weighted by atomic mass is 9.61. The van der Waals surface area contributed by atoms with Crippen LogP contribution in [0.25, 0.3) is 16.6 Å². The average Bonchev–Trinajstić information content (AvgIpc) is 3.65. The van der Waals surface area contributed by atoms with Gasteiger partial charge in [-0.15, -0.1) is 0 Å². The van der Waals surface area contributed by atoms with Crippen molar-refractivity contribution in [3.8, 4) is 5.69 Å². The lowest BCUT2D eigenvalue weighted by Gasteiger charge is -2.55. The molecule has 224 valence electrons. The lowest BCUT2D eigenvalue weighted by molar-refractivity contribution is -0.00452. The van der Waals surface area contributed by atoms with E-state index in [2.05, 4.69) is 53.4 Å². The first-order valence-corrected chi connectivity index (χ1v) is 15.4. The molecular formula is C36H38N6O2. The van der Waals surface area contributed by atoms with Crippen molar-refractivity contribution in [3.63, 3.8) is 0 Å². The summed E-state index contributed by atoms with van der Waals surface area (Å²) < 4.78 is 1.78. The number of likely N-dealkylation sites (tertiary alicyclic amines) is 1. The van der Waals surface area contributed by atoms with Crippen molar-refractivity contribution in [2.75, 3.05) is 17.2 Å². The minimum Gasteiger partial charge on any atom is -0.361 e. The molecule has 3 atom stereocenters. The molecule has 2 aromatic heterocycles. The highest BCUT2D eigenvalue weighted by Crippen LogP contribution is 2.51. The van der Waals surface area contributed by atoms with Crippen molar-refractivity contribution in [2.24, 2.45) is 5.92 Å². The number of nitrogens with zero attached hydrogens (tertiary/aromatic N) is 3. The Morgan fingerprint density at radius 1 is 0.932 bits per heavy atom. The van der Waals surface area contributed by atoms with Gasteiger partial charge in [0.2, 0.25) is 0 Å². The van der Waals surface area contributed by atoms with Crippen LogP contribution in [0, 0.1) is 12.8 Å². The number of H-pyrrole nitrogens is 1. The molecule has 3 unspecified atom stereocenters. The molecule has 7 rings (SSSR count). The van der Waals surface area contributed by atoms with Crippen molar-refractivity contribution >= 4 is 34.3 Å². The van der Waals surface area contributed by atoms with Crippen LogP contribution in [0.3, 0.4) is 0 Å². The summed E-state index contributed by atoms with van der Waals surface area (Å²) >= 11 is 0. The number of hydrogen-bond acceptors (Lipinski definition) is 3. The highest BCUT2D eigenvalue weighted by molar-refractivity contribution is 6.00. The molecule has 8 heteroatoms. The first-order chi connectivity index (χ1) is 21.1. The molecule has 0 spiro atoms. The molecule has 1 aliphatic carbocycles. The summed E-state index contributed by atoms with van der Waals surface area (Å²) in [5, 5.41) is 11.8. The van der Waals surface area contributed by atoms with Gasteiger partial charge in [0.1, 0.15) is 5.82 Å². The van der Waals surface area contributed by atoms with E-state index >= 15 is 0 Å². The second-order valence-corrected chi connectivity index (χ2v) is 13.3. The number of urea groups is 1. The second kappa shape index (κ2) is 10.7. The third-order valence-electron chi connectivity index (χ3n) is 9.22. The van der Waals surface area contributed by atoms with Crippen LogP contribution in [-0.4, -0.2) is 44.2 Å². The van der Waals surface area contributed by atoms with Gasteiger partial charge in [0.05, 0.1) is 11.4 Å². The van der Waals surface area contributed by atoms with Crippen molar-refractivity contribution in [1.29, 1.82) is 0 Å². The number of carbonyl (C=O) groups is 2. The zero-order valence-corrected chi connectivity index (χ0v) is 25.6. The van der Waals surface area contributed by atoms with Gasteiger partial charge in [-0.1, -0.05) is 50.6 Å². The predicted octanol–water partition coefficient (Wildman–Crippen LogP) is 7.62. The van der Waals surface area contributed by atoms with Crippen LogP contribution in [0.5, 0.6) is 0 Å². The van der Waals surface area contributed by atoms with Crippen LogP contribution in [0.2, 0.25) is 0 Å². The molecule has 3 aromatic carbocycles. The Labute approximate surface area is 257 Å². The summed E-state index contributed by atoms with van der Waals surface area (Å²) in [7, 11) is 0. The van der Waals surface area contributed by atoms with Crippen molar-refractivity contribution in [3.05, 3.63) is 107 Å². The fraction of sp³-hybridized carbons (Fsp3) is 0.306. The molecule has 3 heterocycles. The maximum Gasteiger partial charge on any atom is 0.324 e. The number of aryl methyl sites for hydroxylation is 1. The normalized spacial score (nSPS) is 19.5. The second-order valence-electron chi connectivity index (χ2n) is 13.3.